The summed E-state index contributed by atoms with van der Waals surface area (Å²) in [6, 6.07) is 4.57. The van der Waals surface area contributed by atoms with Crippen molar-refractivity contribution in [3.05, 3.63) is 51.5 Å². The third kappa shape index (κ3) is 5.40. The standard InChI is InChI=1S/C29H44N3OSi/c1-11-14-21-17-22(27(33-34(9)10)23(15-12-2)25(21)29(6,7)8)18-32-24(13-3)31-26-19(4)16-20(5)30-28(26)32/h16-17H,11-15,18H2,1-10H3. The van der Waals surface area contributed by atoms with Crippen LogP contribution in [-0.2, 0) is 31.2 Å². The molecule has 0 aliphatic heterocycles. The molecule has 5 heteroatoms. The summed E-state index contributed by atoms with van der Waals surface area (Å²) in [4.78, 5) is 9.93. The maximum atomic E-state index is 6.73. The first-order valence-corrected chi connectivity index (χ1v) is 15.4. The van der Waals surface area contributed by atoms with Crippen molar-refractivity contribution in [3.8, 4) is 5.75 Å². The predicted molar refractivity (Wildman–Crippen MR) is 147 cm³/mol. The van der Waals surface area contributed by atoms with E-state index in [-0.39, 0.29) is 5.41 Å². The minimum Gasteiger partial charge on any atom is -0.542 e. The minimum absolute atomic E-state index is 0.0755. The highest BCUT2D eigenvalue weighted by molar-refractivity contribution is 6.49. The van der Waals surface area contributed by atoms with E-state index < -0.39 is 9.04 Å². The van der Waals surface area contributed by atoms with Gasteiger partial charge in [0.15, 0.2) is 5.65 Å². The number of imidazole rings is 1. The lowest BCUT2D eigenvalue weighted by Gasteiger charge is -2.31. The largest absolute Gasteiger partial charge is 0.542 e. The Hall–Kier alpha value is -2.14. The van der Waals surface area contributed by atoms with Crippen molar-refractivity contribution in [2.75, 3.05) is 0 Å². The zero-order valence-electron chi connectivity index (χ0n) is 23.1. The smallest absolute Gasteiger partial charge is 0.274 e. The van der Waals surface area contributed by atoms with Gasteiger partial charge in [0, 0.05) is 17.7 Å². The van der Waals surface area contributed by atoms with Gasteiger partial charge in [-0.15, -0.1) is 0 Å². The number of rotatable bonds is 9. The summed E-state index contributed by atoms with van der Waals surface area (Å²) in [7, 11) is -0.924. The summed E-state index contributed by atoms with van der Waals surface area (Å²) < 4.78 is 9.06. The molecule has 0 unspecified atom stereocenters. The highest BCUT2D eigenvalue weighted by Crippen LogP contribution is 2.40. The van der Waals surface area contributed by atoms with Gasteiger partial charge in [0.25, 0.3) is 9.04 Å². The average Bonchev–Trinajstić information content (AvgIpc) is 3.07. The van der Waals surface area contributed by atoms with E-state index in [4.69, 9.17) is 14.4 Å². The Kier molecular flexibility index (Phi) is 8.28. The van der Waals surface area contributed by atoms with Crippen molar-refractivity contribution in [2.24, 2.45) is 0 Å². The second-order valence-electron chi connectivity index (χ2n) is 10.9. The molecule has 34 heavy (non-hydrogen) atoms. The molecular formula is C29H44N3OSi. The molecule has 0 amide bonds. The number of benzene rings is 1. The molecule has 3 aromatic rings. The van der Waals surface area contributed by atoms with Gasteiger partial charge in [0.2, 0.25) is 0 Å². The summed E-state index contributed by atoms with van der Waals surface area (Å²) in [5.41, 5.74) is 10.00. The molecule has 0 fully saturated rings. The molecule has 1 radical (unpaired) electrons. The topological polar surface area (TPSA) is 39.9 Å². The molecule has 2 aromatic heterocycles. The van der Waals surface area contributed by atoms with Gasteiger partial charge in [-0.1, -0.05) is 60.5 Å². The number of aromatic nitrogens is 3. The Labute approximate surface area is 208 Å². The van der Waals surface area contributed by atoms with Crippen molar-refractivity contribution in [3.63, 3.8) is 0 Å². The van der Waals surface area contributed by atoms with Crippen LogP contribution < -0.4 is 4.43 Å². The van der Waals surface area contributed by atoms with Crippen LogP contribution in [0.5, 0.6) is 5.75 Å². The summed E-state index contributed by atoms with van der Waals surface area (Å²) in [6.45, 7) is 23.2. The van der Waals surface area contributed by atoms with Crippen molar-refractivity contribution in [1.29, 1.82) is 0 Å². The summed E-state index contributed by atoms with van der Waals surface area (Å²) in [5.74, 6) is 2.22. The lowest BCUT2D eigenvalue weighted by atomic mass is 9.77. The van der Waals surface area contributed by atoms with E-state index in [2.05, 4.69) is 85.2 Å². The fraction of sp³-hybridized carbons (Fsp3) is 0.586. The van der Waals surface area contributed by atoms with Crippen LogP contribution in [0, 0.1) is 13.8 Å². The number of pyridine rings is 1. The van der Waals surface area contributed by atoms with Crippen molar-refractivity contribution in [1.82, 2.24) is 14.5 Å². The molecule has 0 aliphatic rings. The van der Waals surface area contributed by atoms with Gasteiger partial charge in [-0.25, -0.2) is 9.97 Å². The Bertz CT molecular complexity index is 1150. The molecule has 4 nitrogen and oxygen atoms in total. The molecule has 0 spiro atoms. The Morgan fingerprint density at radius 1 is 0.941 bits per heavy atom. The molecule has 0 bridgehead atoms. The quantitative estimate of drug-likeness (QED) is 0.299. The Balaban J connectivity index is 2.33. The van der Waals surface area contributed by atoms with Crippen molar-refractivity contribution in [2.45, 2.75) is 113 Å². The SMILES string of the molecule is CCCc1cc(Cn2c(CC)nc3c(C)cc(C)nc32)c(O[Si](C)C)c(CCC)c1C(C)(C)C. The van der Waals surface area contributed by atoms with Crippen molar-refractivity contribution >= 4 is 20.2 Å². The first kappa shape index (κ1) is 26.5. The fourth-order valence-electron chi connectivity index (χ4n) is 5.24. The number of nitrogens with zero attached hydrogens (tertiary/aromatic N) is 3. The van der Waals surface area contributed by atoms with Crippen LogP contribution in [0.1, 0.15) is 93.7 Å². The van der Waals surface area contributed by atoms with Gasteiger partial charge in [0.05, 0.1) is 6.54 Å². The van der Waals surface area contributed by atoms with E-state index in [9.17, 15) is 0 Å². The highest BCUT2D eigenvalue weighted by atomic mass is 28.3. The summed E-state index contributed by atoms with van der Waals surface area (Å²) in [6.07, 6.45) is 5.26. The van der Waals surface area contributed by atoms with Gasteiger partial charge in [0.1, 0.15) is 17.1 Å². The van der Waals surface area contributed by atoms with E-state index in [1.54, 1.807) is 0 Å². The van der Waals surface area contributed by atoms with Crippen LogP contribution in [0.25, 0.3) is 11.2 Å². The van der Waals surface area contributed by atoms with Crippen LogP contribution in [0.3, 0.4) is 0 Å². The predicted octanol–water partition coefficient (Wildman–Crippen LogP) is 7.49. The number of hydrogen-bond donors (Lipinski definition) is 0. The Morgan fingerprint density at radius 2 is 1.62 bits per heavy atom. The number of fused-ring (bicyclic) bond motifs is 1. The zero-order chi connectivity index (χ0) is 25.2. The second-order valence-corrected chi connectivity index (χ2v) is 12.9. The number of hydrogen-bond acceptors (Lipinski definition) is 3. The van der Waals surface area contributed by atoms with E-state index >= 15 is 0 Å². The first-order chi connectivity index (χ1) is 16.0. The van der Waals surface area contributed by atoms with Crippen molar-refractivity contribution < 1.29 is 4.43 Å². The second kappa shape index (κ2) is 10.6. The Morgan fingerprint density at radius 3 is 2.18 bits per heavy atom. The van der Waals surface area contributed by atoms with Crippen LogP contribution >= 0.6 is 0 Å². The van der Waals surface area contributed by atoms with Crippen LogP contribution in [0.4, 0.5) is 0 Å². The minimum atomic E-state index is -0.924. The van der Waals surface area contributed by atoms with Crippen LogP contribution in [0.15, 0.2) is 12.1 Å². The third-order valence-corrected chi connectivity index (χ3v) is 6.97. The third-order valence-electron chi connectivity index (χ3n) is 6.36. The molecule has 0 N–H and O–H groups in total. The van der Waals surface area contributed by atoms with E-state index in [0.717, 1.165) is 67.1 Å². The summed E-state index contributed by atoms with van der Waals surface area (Å²) >= 11 is 0. The molecule has 3 rings (SSSR count). The highest BCUT2D eigenvalue weighted by Gasteiger charge is 2.27. The lowest BCUT2D eigenvalue weighted by molar-refractivity contribution is 0.529. The molecule has 0 saturated heterocycles. The van der Waals surface area contributed by atoms with Crippen LogP contribution in [0.2, 0.25) is 13.1 Å². The number of aryl methyl sites for hydroxylation is 4. The zero-order valence-corrected chi connectivity index (χ0v) is 24.1. The maximum Gasteiger partial charge on any atom is 0.274 e. The van der Waals surface area contributed by atoms with Gasteiger partial charge >= 0.3 is 0 Å². The van der Waals surface area contributed by atoms with Crippen LogP contribution in [-0.4, -0.2) is 23.6 Å². The molecule has 0 aliphatic carbocycles. The van der Waals surface area contributed by atoms with Gasteiger partial charge in [-0.05, 0) is 73.5 Å². The fourth-order valence-corrected chi connectivity index (χ4v) is 5.90. The molecule has 2 heterocycles. The average molecular weight is 479 g/mol. The first-order valence-electron chi connectivity index (χ1n) is 13.0. The molecule has 0 saturated carbocycles. The van der Waals surface area contributed by atoms with Gasteiger partial charge in [-0.3, -0.25) is 0 Å². The van der Waals surface area contributed by atoms with E-state index in [0.29, 0.717) is 0 Å². The maximum absolute atomic E-state index is 6.73. The van der Waals surface area contributed by atoms with E-state index in [1.807, 2.05) is 0 Å². The lowest BCUT2D eigenvalue weighted by Crippen LogP contribution is -2.22. The molecule has 0 atom stereocenters. The monoisotopic (exact) mass is 478 g/mol. The van der Waals surface area contributed by atoms with E-state index in [1.165, 1.54) is 27.8 Å². The molecule has 185 valence electrons. The molecular weight excluding hydrogens is 434 g/mol. The summed E-state index contributed by atoms with van der Waals surface area (Å²) in [5, 5.41) is 0. The van der Waals surface area contributed by atoms with Gasteiger partial charge < -0.3 is 8.99 Å². The molecule has 1 aromatic carbocycles. The van der Waals surface area contributed by atoms with Gasteiger partial charge in [-0.2, -0.15) is 0 Å². The normalized spacial score (nSPS) is 12.2.